The van der Waals surface area contributed by atoms with E-state index in [1.54, 1.807) is 0 Å². The fourth-order valence-corrected chi connectivity index (χ4v) is 2.37. The van der Waals surface area contributed by atoms with Crippen LogP contribution in [0, 0.1) is 6.92 Å². The lowest BCUT2D eigenvalue weighted by atomic mass is 10.1. The van der Waals surface area contributed by atoms with Crippen molar-refractivity contribution in [3.8, 4) is 5.75 Å². The van der Waals surface area contributed by atoms with Crippen LogP contribution in [0.1, 0.15) is 37.3 Å². The van der Waals surface area contributed by atoms with Gasteiger partial charge in [0.2, 0.25) is 5.91 Å². The highest BCUT2D eigenvalue weighted by atomic mass is 16.5. The summed E-state index contributed by atoms with van der Waals surface area (Å²) in [6.45, 7) is 4.74. The van der Waals surface area contributed by atoms with Gasteiger partial charge in [-0.3, -0.25) is 4.79 Å². The summed E-state index contributed by atoms with van der Waals surface area (Å²) in [5, 5.41) is 2.97. The van der Waals surface area contributed by atoms with Crippen LogP contribution in [-0.4, -0.2) is 12.5 Å². The van der Waals surface area contributed by atoms with Gasteiger partial charge in [-0.05, 0) is 49.4 Å². The zero-order valence-corrected chi connectivity index (χ0v) is 14.0. The molecule has 0 radical (unpaired) electrons. The van der Waals surface area contributed by atoms with Crippen molar-refractivity contribution in [3.05, 3.63) is 59.7 Å². The largest absolute Gasteiger partial charge is 0.491 e. The van der Waals surface area contributed by atoms with E-state index < -0.39 is 0 Å². The number of anilines is 1. The van der Waals surface area contributed by atoms with E-state index in [1.165, 1.54) is 5.56 Å². The molecule has 0 saturated heterocycles. The van der Waals surface area contributed by atoms with E-state index in [0.717, 1.165) is 36.3 Å². The van der Waals surface area contributed by atoms with Gasteiger partial charge in [0.25, 0.3) is 0 Å². The monoisotopic (exact) mass is 311 g/mol. The van der Waals surface area contributed by atoms with Crippen molar-refractivity contribution in [3.63, 3.8) is 0 Å². The van der Waals surface area contributed by atoms with Crippen molar-refractivity contribution in [1.82, 2.24) is 0 Å². The summed E-state index contributed by atoms with van der Waals surface area (Å²) in [5.41, 5.74) is 3.15. The van der Waals surface area contributed by atoms with Gasteiger partial charge < -0.3 is 10.1 Å². The Morgan fingerprint density at radius 3 is 2.65 bits per heavy atom. The smallest absolute Gasteiger partial charge is 0.224 e. The Balaban J connectivity index is 1.87. The maximum absolute atomic E-state index is 12.1. The van der Waals surface area contributed by atoms with Gasteiger partial charge >= 0.3 is 0 Å². The minimum atomic E-state index is 0.0335. The molecule has 2 rings (SSSR count). The number of amides is 1. The normalized spacial score (nSPS) is 10.3. The molecule has 1 N–H and O–H groups in total. The molecule has 3 heteroatoms. The van der Waals surface area contributed by atoms with Crippen molar-refractivity contribution in [2.24, 2.45) is 0 Å². The highest BCUT2D eigenvalue weighted by molar-refractivity contribution is 5.92. The number of carbonyl (C=O) groups is 1. The lowest BCUT2D eigenvalue weighted by molar-refractivity contribution is -0.116. The maximum Gasteiger partial charge on any atom is 0.224 e. The first-order valence-electron chi connectivity index (χ1n) is 8.26. The zero-order valence-electron chi connectivity index (χ0n) is 14.0. The molecule has 2 aromatic carbocycles. The van der Waals surface area contributed by atoms with E-state index in [4.69, 9.17) is 4.74 Å². The maximum atomic E-state index is 12.1. The van der Waals surface area contributed by atoms with E-state index in [0.29, 0.717) is 13.0 Å². The number of ether oxygens (including phenoxy) is 1. The van der Waals surface area contributed by atoms with Gasteiger partial charge in [0.05, 0.1) is 12.3 Å². The number of hydrogen-bond acceptors (Lipinski definition) is 2. The molecule has 0 aromatic heterocycles. The first kappa shape index (κ1) is 17.1. The standard InChI is InChI=1S/C20H25NO2/c1-3-14-23-19-15-16(2)12-13-18(19)21-20(22)11-7-10-17-8-5-4-6-9-17/h4-6,8-9,12-13,15H,3,7,10-11,14H2,1-2H3,(H,21,22). The van der Waals surface area contributed by atoms with Crippen molar-refractivity contribution < 1.29 is 9.53 Å². The van der Waals surface area contributed by atoms with E-state index in [1.807, 2.05) is 43.3 Å². The molecule has 1 amide bonds. The van der Waals surface area contributed by atoms with Crippen molar-refractivity contribution in [2.45, 2.75) is 39.5 Å². The number of aryl methyl sites for hydroxylation is 2. The number of rotatable bonds is 8. The Hall–Kier alpha value is -2.29. The Morgan fingerprint density at radius 1 is 1.13 bits per heavy atom. The number of hydrogen-bond donors (Lipinski definition) is 1. The molecule has 122 valence electrons. The van der Waals surface area contributed by atoms with Gasteiger partial charge in [0.15, 0.2) is 0 Å². The topological polar surface area (TPSA) is 38.3 Å². The van der Waals surface area contributed by atoms with Crippen LogP contribution in [0.25, 0.3) is 0 Å². The second-order valence-corrected chi connectivity index (χ2v) is 5.74. The van der Waals surface area contributed by atoms with E-state index in [2.05, 4.69) is 24.4 Å². The number of nitrogens with one attached hydrogen (secondary N) is 1. The highest BCUT2D eigenvalue weighted by Crippen LogP contribution is 2.26. The van der Waals surface area contributed by atoms with Crippen LogP contribution in [-0.2, 0) is 11.2 Å². The summed E-state index contributed by atoms with van der Waals surface area (Å²) in [4.78, 5) is 12.1. The van der Waals surface area contributed by atoms with Crippen LogP contribution in [0.15, 0.2) is 48.5 Å². The highest BCUT2D eigenvalue weighted by Gasteiger charge is 2.08. The van der Waals surface area contributed by atoms with Crippen LogP contribution in [0.5, 0.6) is 5.75 Å². The summed E-state index contributed by atoms with van der Waals surface area (Å²) in [5.74, 6) is 0.786. The van der Waals surface area contributed by atoms with Gasteiger partial charge in [-0.2, -0.15) is 0 Å². The molecule has 0 atom stereocenters. The van der Waals surface area contributed by atoms with Crippen LogP contribution < -0.4 is 10.1 Å². The molecule has 0 unspecified atom stereocenters. The van der Waals surface area contributed by atoms with Gasteiger partial charge in [0.1, 0.15) is 5.75 Å². The molecule has 0 heterocycles. The number of benzene rings is 2. The molecule has 3 nitrogen and oxygen atoms in total. The predicted octanol–water partition coefficient (Wildman–Crippen LogP) is 4.75. The minimum Gasteiger partial charge on any atom is -0.491 e. The molecule has 0 aliphatic rings. The van der Waals surface area contributed by atoms with Gasteiger partial charge in [-0.15, -0.1) is 0 Å². The third-order valence-electron chi connectivity index (χ3n) is 3.59. The van der Waals surface area contributed by atoms with E-state index >= 15 is 0 Å². The minimum absolute atomic E-state index is 0.0335. The molecule has 0 bridgehead atoms. The molecule has 0 aliphatic carbocycles. The Bertz CT molecular complexity index is 623. The summed E-state index contributed by atoms with van der Waals surface area (Å²) in [7, 11) is 0. The first-order chi connectivity index (χ1) is 11.2. The lowest BCUT2D eigenvalue weighted by Crippen LogP contribution is -2.13. The third kappa shape index (κ3) is 5.78. The van der Waals surface area contributed by atoms with Crippen LogP contribution in [0.3, 0.4) is 0 Å². The predicted molar refractivity (Wildman–Crippen MR) is 95.0 cm³/mol. The molecule has 23 heavy (non-hydrogen) atoms. The quantitative estimate of drug-likeness (QED) is 0.764. The van der Waals surface area contributed by atoms with Gasteiger partial charge in [-0.1, -0.05) is 43.3 Å². The van der Waals surface area contributed by atoms with Crippen LogP contribution >= 0.6 is 0 Å². The summed E-state index contributed by atoms with van der Waals surface area (Å²) < 4.78 is 5.73. The Labute approximate surface area is 138 Å². The van der Waals surface area contributed by atoms with E-state index in [-0.39, 0.29) is 5.91 Å². The summed E-state index contributed by atoms with van der Waals surface area (Å²) in [6, 6.07) is 16.1. The summed E-state index contributed by atoms with van der Waals surface area (Å²) >= 11 is 0. The SMILES string of the molecule is CCCOc1cc(C)ccc1NC(=O)CCCc1ccccc1. The van der Waals surface area contributed by atoms with Crippen molar-refractivity contribution >= 4 is 11.6 Å². The summed E-state index contributed by atoms with van der Waals surface area (Å²) in [6.07, 6.45) is 3.21. The number of carbonyl (C=O) groups excluding carboxylic acids is 1. The fourth-order valence-electron chi connectivity index (χ4n) is 2.37. The third-order valence-corrected chi connectivity index (χ3v) is 3.59. The second kappa shape index (κ2) is 8.99. The molecule has 0 spiro atoms. The average molecular weight is 311 g/mol. The van der Waals surface area contributed by atoms with E-state index in [9.17, 15) is 4.79 Å². The van der Waals surface area contributed by atoms with Crippen molar-refractivity contribution in [2.75, 3.05) is 11.9 Å². The molecule has 0 saturated carbocycles. The first-order valence-corrected chi connectivity index (χ1v) is 8.26. The zero-order chi connectivity index (χ0) is 16.5. The molecular weight excluding hydrogens is 286 g/mol. The lowest BCUT2D eigenvalue weighted by Gasteiger charge is -2.13. The fraction of sp³-hybridized carbons (Fsp3) is 0.350. The Kier molecular flexibility index (Phi) is 6.67. The van der Waals surface area contributed by atoms with Crippen LogP contribution in [0.2, 0.25) is 0 Å². The average Bonchev–Trinajstić information content (AvgIpc) is 2.56. The Morgan fingerprint density at radius 2 is 1.91 bits per heavy atom. The molecule has 0 aliphatic heterocycles. The van der Waals surface area contributed by atoms with Gasteiger partial charge in [0, 0.05) is 6.42 Å². The molecule has 0 fully saturated rings. The molecule has 2 aromatic rings. The van der Waals surface area contributed by atoms with Crippen LogP contribution in [0.4, 0.5) is 5.69 Å². The van der Waals surface area contributed by atoms with Gasteiger partial charge in [-0.25, -0.2) is 0 Å². The second-order valence-electron chi connectivity index (χ2n) is 5.74. The van der Waals surface area contributed by atoms with Crippen molar-refractivity contribution in [1.29, 1.82) is 0 Å². The molecular formula is C20H25NO2.